The quantitative estimate of drug-likeness (QED) is 0.928. The maximum absolute atomic E-state index is 13.4. The van der Waals surface area contributed by atoms with E-state index in [1.165, 1.54) is 12.1 Å². The number of nitrogens with zero attached hydrogens (tertiary/aromatic N) is 1. The zero-order valence-corrected chi connectivity index (χ0v) is 13.6. The standard InChI is InChI=1S/C18H17FN2O4/c1-11-8-21(14-4-2-12(19)6-16(14)25-11)9-18(22)20-13-3-5-15-17(7-13)24-10-23-15/h2-7,11H,8-10H2,1H3,(H,20,22)/t11-/m0/s1. The van der Waals surface area contributed by atoms with Crippen LogP contribution in [-0.4, -0.2) is 31.9 Å². The number of carbonyl (C=O) groups excluding carboxylic acids is 1. The van der Waals surface area contributed by atoms with Crippen LogP contribution < -0.4 is 24.4 Å². The van der Waals surface area contributed by atoms with E-state index in [4.69, 9.17) is 14.2 Å². The lowest BCUT2D eigenvalue weighted by Crippen LogP contribution is -2.42. The van der Waals surface area contributed by atoms with Crippen LogP contribution in [-0.2, 0) is 4.79 Å². The van der Waals surface area contributed by atoms with E-state index in [0.717, 1.165) is 0 Å². The van der Waals surface area contributed by atoms with E-state index in [1.54, 1.807) is 24.3 Å². The van der Waals surface area contributed by atoms with Gasteiger partial charge in [0.25, 0.3) is 0 Å². The average molecular weight is 344 g/mol. The summed E-state index contributed by atoms with van der Waals surface area (Å²) < 4.78 is 29.6. The van der Waals surface area contributed by atoms with Gasteiger partial charge < -0.3 is 24.4 Å². The highest BCUT2D eigenvalue weighted by Gasteiger charge is 2.25. The molecule has 130 valence electrons. The fourth-order valence-corrected chi connectivity index (χ4v) is 3.00. The van der Waals surface area contributed by atoms with Gasteiger partial charge in [-0.1, -0.05) is 0 Å². The molecule has 0 saturated heterocycles. The second kappa shape index (κ2) is 6.16. The lowest BCUT2D eigenvalue weighted by atomic mass is 10.2. The van der Waals surface area contributed by atoms with E-state index in [2.05, 4.69) is 5.32 Å². The zero-order chi connectivity index (χ0) is 17.4. The van der Waals surface area contributed by atoms with Gasteiger partial charge in [0.1, 0.15) is 17.7 Å². The van der Waals surface area contributed by atoms with E-state index in [1.807, 2.05) is 11.8 Å². The summed E-state index contributed by atoms with van der Waals surface area (Å²) >= 11 is 0. The first-order chi connectivity index (χ1) is 12.1. The van der Waals surface area contributed by atoms with Crippen LogP contribution in [0.3, 0.4) is 0 Å². The Kier molecular flexibility index (Phi) is 3.83. The molecular formula is C18H17FN2O4. The summed E-state index contributed by atoms with van der Waals surface area (Å²) in [6.45, 7) is 2.76. The molecule has 0 spiro atoms. The van der Waals surface area contributed by atoms with Crippen molar-refractivity contribution in [3.63, 3.8) is 0 Å². The third-order valence-corrected chi connectivity index (χ3v) is 4.06. The minimum Gasteiger partial charge on any atom is -0.487 e. The molecule has 2 aromatic carbocycles. The zero-order valence-electron chi connectivity index (χ0n) is 13.6. The van der Waals surface area contributed by atoms with Gasteiger partial charge in [-0.25, -0.2) is 4.39 Å². The molecule has 2 aliphatic rings. The fourth-order valence-electron chi connectivity index (χ4n) is 3.00. The Morgan fingerprint density at radius 3 is 2.92 bits per heavy atom. The van der Waals surface area contributed by atoms with E-state index >= 15 is 0 Å². The minimum atomic E-state index is -0.363. The molecule has 1 N–H and O–H groups in total. The molecule has 0 bridgehead atoms. The summed E-state index contributed by atoms with van der Waals surface area (Å²) in [5.41, 5.74) is 1.34. The maximum atomic E-state index is 13.4. The molecule has 1 amide bonds. The number of amides is 1. The second-order valence-corrected chi connectivity index (χ2v) is 6.04. The number of hydrogen-bond acceptors (Lipinski definition) is 5. The normalized spacial score (nSPS) is 17.7. The maximum Gasteiger partial charge on any atom is 0.243 e. The molecule has 0 aliphatic carbocycles. The number of carbonyl (C=O) groups is 1. The van der Waals surface area contributed by atoms with Gasteiger partial charge in [0.15, 0.2) is 11.5 Å². The molecule has 25 heavy (non-hydrogen) atoms. The molecule has 0 unspecified atom stereocenters. The Labute approximate surface area is 144 Å². The number of nitrogens with one attached hydrogen (secondary N) is 1. The van der Waals surface area contributed by atoms with E-state index < -0.39 is 0 Å². The van der Waals surface area contributed by atoms with Crippen LogP contribution in [0.1, 0.15) is 6.92 Å². The Morgan fingerprint density at radius 2 is 2.04 bits per heavy atom. The van der Waals surface area contributed by atoms with Crippen LogP contribution >= 0.6 is 0 Å². The summed E-state index contributed by atoms with van der Waals surface area (Å²) in [5, 5.41) is 2.84. The molecule has 6 nitrogen and oxygen atoms in total. The molecule has 2 heterocycles. The molecular weight excluding hydrogens is 327 g/mol. The van der Waals surface area contributed by atoms with Crippen LogP contribution in [0.15, 0.2) is 36.4 Å². The van der Waals surface area contributed by atoms with Crippen LogP contribution in [0, 0.1) is 5.82 Å². The van der Waals surface area contributed by atoms with E-state index in [0.29, 0.717) is 35.2 Å². The number of rotatable bonds is 3. The summed E-state index contributed by atoms with van der Waals surface area (Å²) in [6.07, 6.45) is -0.132. The van der Waals surface area contributed by atoms with Gasteiger partial charge in [0, 0.05) is 17.8 Å². The van der Waals surface area contributed by atoms with Crippen molar-refractivity contribution in [1.82, 2.24) is 0 Å². The smallest absolute Gasteiger partial charge is 0.243 e. The average Bonchev–Trinajstić information content (AvgIpc) is 3.01. The van der Waals surface area contributed by atoms with Crippen molar-refractivity contribution < 1.29 is 23.4 Å². The Bertz CT molecular complexity index is 827. The van der Waals surface area contributed by atoms with Gasteiger partial charge >= 0.3 is 0 Å². The highest BCUT2D eigenvalue weighted by molar-refractivity contribution is 5.94. The molecule has 2 aliphatic heterocycles. The van der Waals surface area contributed by atoms with Crippen LogP contribution in [0.5, 0.6) is 17.2 Å². The molecule has 4 rings (SSSR count). The Morgan fingerprint density at radius 1 is 1.20 bits per heavy atom. The lowest BCUT2D eigenvalue weighted by Gasteiger charge is -2.34. The largest absolute Gasteiger partial charge is 0.487 e. The molecule has 0 aromatic heterocycles. The van der Waals surface area contributed by atoms with Gasteiger partial charge in [-0.05, 0) is 31.2 Å². The first-order valence-electron chi connectivity index (χ1n) is 7.99. The van der Waals surface area contributed by atoms with E-state index in [9.17, 15) is 9.18 Å². The SMILES string of the molecule is C[C@H]1CN(CC(=O)Nc2ccc3c(c2)OCO3)c2ccc(F)cc2O1. The minimum absolute atomic E-state index is 0.132. The van der Waals surface area contributed by atoms with Crippen LogP contribution in [0.4, 0.5) is 15.8 Å². The van der Waals surface area contributed by atoms with Crippen molar-refractivity contribution in [2.75, 3.05) is 30.1 Å². The highest BCUT2D eigenvalue weighted by atomic mass is 19.1. The molecule has 0 saturated carbocycles. The monoisotopic (exact) mass is 344 g/mol. The predicted octanol–water partition coefficient (Wildman–Crippen LogP) is 2.78. The summed E-state index contributed by atoms with van der Waals surface area (Å²) in [7, 11) is 0. The summed E-state index contributed by atoms with van der Waals surface area (Å²) in [5.74, 6) is 1.19. The van der Waals surface area contributed by atoms with Crippen molar-refractivity contribution in [3.8, 4) is 17.2 Å². The topological polar surface area (TPSA) is 60.0 Å². The first-order valence-corrected chi connectivity index (χ1v) is 7.99. The lowest BCUT2D eigenvalue weighted by molar-refractivity contribution is -0.115. The van der Waals surface area contributed by atoms with Gasteiger partial charge in [0.2, 0.25) is 12.7 Å². The van der Waals surface area contributed by atoms with Crippen LogP contribution in [0.2, 0.25) is 0 Å². The molecule has 1 atom stereocenters. The highest BCUT2D eigenvalue weighted by Crippen LogP contribution is 2.35. The number of halogens is 1. The molecule has 0 fully saturated rings. The third-order valence-electron chi connectivity index (χ3n) is 4.06. The van der Waals surface area contributed by atoms with Gasteiger partial charge in [-0.15, -0.1) is 0 Å². The van der Waals surface area contributed by atoms with Gasteiger partial charge in [-0.2, -0.15) is 0 Å². The molecule has 2 aromatic rings. The molecule has 0 radical (unpaired) electrons. The van der Waals surface area contributed by atoms with Crippen LogP contribution in [0.25, 0.3) is 0 Å². The van der Waals surface area contributed by atoms with Crippen molar-refractivity contribution in [2.24, 2.45) is 0 Å². The fraction of sp³-hybridized carbons (Fsp3) is 0.278. The first kappa shape index (κ1) is 15.6. The van der Waals surface area contributed by atoms with Crippen molar-refractivity contribution in [1.29, 1.82) is 0 Å². The summed E-state index contributed by atoms with van der Waals surface area (Å²) in [6, 6.07) is 9.58. The van der Waals surface area contributed by atoms with Crippen molar-refractivity contribution >= 4 is 17.3 Å². The number of anilines is 2. The van der Waals surface area contributed by atoms with E-state index in [-0.39, 0.29) is 31.2 Å². The Balaban J connectivity index is 1.48. The third kappa shape index (κ3) is 3.17. The molecule has 7 heteroatoms. The predicted molar refractivity (Wildman–Crippen MR) is 89.9 cm³/mol. The number of benzene rings is 2. The van der Waals surface area contributed by atoms with Crippen molar-refractivity contribution in [3.05, 3.63) is 42.2 Å². The van der Waals surface area contributed by atoms with Gasteiger partial charge in [-0.3, -0.25) is 4.79 Å². The number of ether oxygens (including phenoxy) is 3. The Hall–Kier alpha value is -2.96. The van der Waals surface area contributed by atoms with Crippen molar-refractivity contribution in [2.45, 2.75) is 13.0 Å². The number of fused-ring (bicyclic) bond motifs is 2. The van der Waals surface area contributed by atoms with Gasteiger partial charge in [0.05, 0.1) is 18.8 Å². The summed E-state index contributed by atoms with van der Waals surface area (Å²) in [4.78, 5) is 14.3. The second-order valence-electron chi connectivity index (χ2n) is 6.04. The number of hydrogen-bond donors (Lipinski definition) is 1.